The molecule has 1 atom stereocenters. The molecule has 1 unspecified atom stereocenters. The Balaban J connectivity index is 0.00000256. The maximum Gasteiger partial charge on any atom is 0.191 e. The molecule has 9 heteroatoms. The van der Waals surface area contributed by atoms with Gasteiger partial charge in [0.05, 0.1) is 10.7 Å². The number of anilines is 1. The van der Waals surface area contributed by atoms with Crippen LogP contribution in [0.3, 0.4) is 0 Å². The van der Waals surface area contributed by atoms with E-state index >= 15 is 0 Å². The first-order valence-corrected chi connectivity index (χ1v) is 11.3. The molecule has 0 bridgehead atoms. The van der Waals surface area contributed by atoms with Crippen molar-refractivity contribution in [2.75, 3.05) is 31.6 Å². The van der Waals surface area contributed by atoms with E-state index in [1.807, 2.05) is 16.2 Å². The second kappa shape index (κ2) is 11.2. The quantitative estimate of drug-likeness (QED) is 0.252. The lowest BCUT2D eigenvalue weighted by Gasteiger charge is -2.19. The Morgan fingerprint density at radius 3 is 3.03 bits per heavy atom. The topological polar surface area (TPSA) is 65.4 Å². The van der Waals surface area contributed by atoms with Crippen molar-refractivity contribution < 1.29 is 4.39 Å². The van der Waals surface area contributed by atoms with Gasteiger partial charge >= 0.3 is 0 Å². The van der Waals surface area contributed by atoms with E-state index < -0.39 is 0 Å². The van der Waals surface area contributed by atoms with E-state index in [2.05, 4.69) is 20.6 Å². The van der Waals surface area contributed by atoms with Crippen LogP contribution < -0.4 is 15.5 Å². The minimum Gasteiger partial charge on any atom is -0.356 e. The summed E-state index contributed by atoms with van der Waals surface area (Å²) in [5.74, 6) is 0.974. The van der Waals surface area contributed by atoms with Crippen molar-refractivity contribution in [3.63, 3.8) is 0 Å². The molecular weight excluding hydrogens is 514 g/mol. The molecule has 2 N–H and O–H groups in total. The minimum atomic E-state index is -0.264. The summed E-state index contributed by atoms with van der Waals surface area (Å²) in [6.07, 6.45) is 9.57. The normalized spacial score (nSPS) is 18.7. The van der Waals surface area contributed by atoms with Crippen molar-refractivity contribution in [1.82, 2.24) is 20.6 Å². The molecule has 6 nitrogen and oxygen atoms in total. The fourth-order valence-corrected chi connectivity index (χ4v) is 5.23. The van der Waals surface area contributed by atoms with Crippen molar-refractivity contribution in [2.24, 2.45) is 4.99 Å². The molecule has 1 saturated heterocycles. The Kier molecular flexibility index (Phi) is 8.67. The van der Waals surface area contributed by atoms with Gasteiger partial charge in [-0.3, -0.25) is 4.99 Å². The molecule has 164 valence electrons. The fraction of sp³-hybridized carbons (Fsp3) is 0.571. The predicted molar refractivity (Wildman–Crippen MR) is 132 cm³/mol. The highest BCUT2D eigenvalue weighted by Crippen LogP contribution is 2.27. The molecule has 0 saturated carbocycles. The lowest BCUT2D eigenvalue weighted by Crippen LogP contribution is -2.45. The first-order valence-electron chi connectivity index (χ1n) is 10.5. The zero-order chi connectivity index (χ0) is 20.1. The molecule has 0 aromatic carbocycles. The standard InChI is InChI=1S/C21H29FN6S.HI/c1-23-21(25-12-5-9-19-27-17-7-2-3-8-18(17)29-19)26-15-10-13-28(14-15)20-16(22)6-4-11-24-20;/h4,6,11,15H,2-3,5,7-10,12-14H2,1H3,(H2,23,25,26);1H. The van der Waals surface area contributed by atoms with Crippen molar-refractivity contribution in [3.05, 3.63) is 39.7 Å². The average Bonchev–Trinajstić information content (AvgIpc) is 3.37. The van der Waals surface area contributed by atoms with Gasteiger partial charge in [-0.15, -0.1) is 35.3 Å². The third-order valence-electron chi connectivity index (χ3n) is 5.54. The Labute approximate surface area is 198 Å². The predicted octanol–water partition coefficient (Wildman–Crippen LogP) is 3.55. The number of aromatic nitrogens is 2. The highest BCUT2D eigenvalue weighted by atomic mass is 127. The van der Waals surface area contributed by atoms with E-state index in [4.69, 9.17) is 4.98 Å². The maximum atomic E-state index is 14.0. The number of hydrogen-bond donors (Lipinski definition) is 2. The van der Waals surface area contributed by atoms with Gasteiger partial charge in [-0.25, -0.2) is 14.4 Å². The average molecular weight is 544 g/mol. The summed E-state index contributed by atoms with van der Waals surface area (Å²) in [7, 11) is 1.79. The Morgan fingerprint density at radius 1 is 1.37 bits per heavy atom. The molecule has 4 rings (SSSR count). The van der Waals surface area contributed by atoms with Crippen LogP contribution in [0.5, 0.6) is 0 Å². The highest BCUT2D eigenvalue weighted by Gasteiger charge is 2.25. The summed E-state index contributed by atoms with van der Waals surface area (Å²) >= 11 is 1.90. The van der Waals surface area contributed by atoms with Crippen LogP contribution in [0.15, 0.2) is 23.3 Å². The van der Waals surface area contributed by atoms with Crippen LogP contribution in [-0.4, -0.2) is 48.7 Å². The lowest BCUT2D eigenvalue weighted by atomic mass is 10.0. The summed E-state index contributed by atoms with van der Waals surface area (Å²) in [5, 5.41) is 8.13. The third kappa shape index (κ3) is 5.81. The number of aliphatic imine (C=N–C) groups is 1. The first kappa shape index (κ1) is 23.2. The van der Waals surface area contributed by atoms with E-state index in [0.29, 0.717) is 5.82 Å². The Bertz CT molecular complexity index is 834. The third-order valence-corrected chi connectivity index (χ3v) is 6.76. The number of fused-ring (bicyclic) bond motifs is 1. The zero-order valence-corrected chi connectivity index (χ0v) is 20.5. The number of nitrogens with zero attached hydrogens (tertiary/aromatic N) is 4. The largest absolute Gasteiger partial charge is 0.356 e. The summed E-state index contributed by atoms with van der Waals surface area (Å²) in [5.41, 5.74) is 1.34. The van der Waals surface area contributed by atoms with Crippen molar-refractivity contribution in [3.8, 4) is 0 Å². The molecule has 1 aliphatic carbocycles. The summed E-state index contributed by atoms with van der Waals surface area (Å²) < 4.78 is 14.0. The van der Waals surface area contributed by atoms with Gasteiger partial charge in [-0.2, -0.15) is 0 Å². The number of rotatable bonds is 6. The van der Waals surface area contributed by atoms with Crippen LogP contribution >= 0.6 is 35.3 Å². The summed E-state index contributed by atoms with van der Waals surface area (Å²) in [6.45, 7) is 2.37. The summed E-state index contributed by atoms with van der Waals surface area (Å²) in [6, 6.07) is 3.31. The number of guanidine groups is 1. The summed E-state index contributed by atoms with van der Waals surface area (Å²) in [4.78, 5) is 16.8. The number of pyridine rings is 1. The van der Waals surface area contributed by atoms with E-state index in [1.54, 1.807) is 19.3 Å². The minimum absolute atomic E-state index is 0. The van der Waals surface area contributed by atoms with Crippen LogP contribution in [0.25, 0.3) is 0 Å². The molecule has 0 radical (unpaired) electrons. The van der Waals surface area contributed by atoms with Crippen molar-refractivity contribution in [1.29, 1.82) is 0 Å². The molecule has 2 aromatic rings. The van der Waals surface area contributed by atoms with Gasteiger partial charge in [0.15, 0.2) is 17.6 Å². The number of thiazole rings is 1. The monoisotopic (exact) mass is 544 g/mol. The fourth-order valence-electron chi connectivity index (χ4n) is 4.03. The maximum absolute atomic E-state index is 14.0. The van der Waals surface area contributed by atoms with Crippen LogP contribution in [0.4, 0.5) is 10.2 Å². The van der Waals surface area contributed by atoms with Gasteiger partial charge in [-0.05, 0) is 50.7 Å². The van der Waals surface area contributed by atoms with Crippen molar-refractivity contribution >= 4 is 47.1 Å². The molecular formula is C21H30FIN6S. The van der Waals surface area contributed by atoms with Crippen LogP contribution in [0.2, 0.25) is 0 Å². The van der Waals surface area contributed by atoms with E-state index in [9.17, 15) is 4.39 Å². The number of aryl methyl sites for hydroxylation is 3. The van der Waals surface area contributed by atoms with Gasteiger partial charge < -0.3 is 15.5 Å². The van der Waals surface area contributed by atoms with E-state index in [-0.39, 0.29) is 35.8 Å². The van der Waals surface area contributed by atoms with Crippen LogP contribution in [0, 0.1) is 5.82 Å². The molecule has 1 fully saturated rings. The molecule has 2 aliphatic rings. The molecule has 1 aliphatic heterocycles. The molecule has 2 aromatic heterocycles. The SMILES string of the molecule is CN=C(NCCCc1nc2c(s1)CCCC2)NC1CCN(c2ncccc2F)C1.I. The Morgan fingerprint density at radius 2 is 2.23 bits per heavy atom. The second-order valence-corrected chi connectivity index (χ2v) is 8.84. The number of nitrogens with one attached hydrogen (secondary N) is 2. The van der Waals surface area contributed by atoms with Crippen LogP contribution in [-0.2, 0) is 19.3 Å². The van der Waals surface area contributed by atoms with Gasteiger partial charge in [-0.1, -0.05) is 0 Å². The van der Waals surface area contributed by atoms with E-state index in [1.165, 1.54) is 40.9 Å². The zero-order valence-electron chi connectivity index (χ0n) is 17.4. The van der Waals surface area contributed by atoms with Crippen LogP contribution in [0.1, 0.15) is 41.3 Å². The smallest absolute Gasteiger partial charge is 0.191 e. The highest BCUT2D eigenvalue weighted by molar-refractivity contribution is 14.0. The lowest BCUT2D eigenvalue weighted by molar-refractivity contribution is 0.612. The van der Waals surface area contributed by atoms with Gasteiger partial charge in [0, 0.05) is 50.2 Å². The number of halogens is 2. The molecule has 0 spiro atoms. The molecule has 3 heterocycles. The molecule has 0 amide bonds. The number of hydrogen-bond acceptors (Lipinski definition) is 5. The van der Waals surface area contributed by atoms with E-state index in [0.717, 1.165) is 51.3 Å². The molecule has 30 heavy (non-hydrogen) atoms. The Hall–Kier alpha value is -1.49. The van der Waals surface area contributed by atoms with Gasteiger partial charge in [0.2, 0.25) is 0 Å². The first-order chi connectivity index (χ1) is 14.2. The van der Waals surface area contributed by atoms with Gasteiger partial charge in [0.25, 0.3) is 0 Å². The second-order valence-electron chi connectivity index (χ2n) is 7.67. The van der Waals surface area contributed by atoms with Crippen molar-refractivity contribution in [2.45, 2.75) is 51.0 Å². The van der Waals surface area contributed by atoms with Gasteiger partial charge in [0.1, 0.15) is 0 Å².